The lowest BCUT2D eigenvalue weighted by Crippen LogP contribution is -2.41. The van der Waals surface area contributed by atoms with Gasteiger partial charge in [0.05, 0.1) is 24.0 Å². The van der Waals surface area contributed by atoms with Gasteiger partial charge in [0.2, 0.25) is 0 Å². The molecule has 5 aromatic rings. The van der Waals surface area contributed by atoms with Gasteiger partial charge in [-0.1, -0.05) is 0 Å². The van der Waals surface area contributed by atoms with Crippen LogP contribution in [-0.4, -0.2) is 61.6 Å². The van der Waals surface area contributed by atoms with Gasteiger partial charge in [0, 0.05) is 48.7 Å². The highest BCUT2D eigenvalue weighted by atomic mass is 19.1. The van der Waals surface area contributed by atoms with Crippen molar-refractivity contribution in [2.24, 2.45) is 30.4 Å². The number of pyridine rings is 1. The molecular formula is C34H33F2N7O3. The van der Waals surface area contributed by atoms with Crippen LogP contribution in [0.1, 0.15) is 46.4 Å². The minimum atomic E-state index is -1.17. The molecule has 0 radical (unpaired) electrons. The summed E-state index contributed by atoms with van der Waals surface area (Å²) in [6, 6.07) is 11.4. The van der Waals surface area contributed by atoms with Crippen molar-refractivity contribution >= 4 is 33.9 Å². The second-order valence-electron chi connectivity index (χ2n) is 12.9. The van der Waals surface area contributed by atoms with Crippen LogP contribution in [-0.2, 0) is 13.6 Å². The molecule has 3 aliphatic rings. The van der Waals surface area contributed by atoms with E-state index in [1.54, 1.807) is 19.2 Å². The van der Waals surface area contributed by atoms with E-state index in [4.69, 9.17) is 26.2 Å². The molecule has 1 aliphatic heterocycles. The highest BCUT2D eigenvalue weighted by Gasteiger charge is 2.47. The van der Waals surface area contributed by atoms with Gasteiger partial charge >= 0.3 is 0 Å². The number of rotatable bonds is 7. The number of fused-ring (bicyclic) bond motifs is 4. The molecule has 0 unspecified atom stereocenters. The minimum absolute atomic E-state index is 0.0195. The Labute approximate surface area is 262 Å². The first-order valence-electron chi connectivity index (χ1n) is 15.5. The van der Waals surface area contributed by atoms with Crippen LogP contribution in [0.15, 0.2) is 42.5 Å². The summed E-state index contributed by atoms with van der Waals surface area (Å²) in [7, 11) is 3.50. The Bertz CT molecular complexity index is 2080. The molecule has 1 saturated heterocycles. The van der Waals surface area contributed by atoms with E-state index in [-0.39, 0.29) is 23.6 Å². The number of hydrogen-bond donors (Lipinski definition) is 2. The molecular weight excluding hydrogens is 592 g/mol. The number of nitrogens with two attached hydrogens (primary N) is 2. The zero-order chi connectivity index (χ0) is 32.0. The lowest BCUT2D eigenvalue weighted by atomic mass is 10.1. The van der Waals surface area contributed by atoms with Crippen molar-refractivity contribution in [3.63, 3.8) is 0 Å². The number of imidazole rings is 1. The molecule has 2 aromatic carbocycles. The lowest BCUT2D eigenvalue weighted by molar-refractivity contribution is 0.0700. The Balaban J connectivity index is 1.23. The Kier molecular flexibility index (Phi) is 6.44. The van der Waals surface area contributed by atoms with Gasteiger partial charge in [-0.25, -0.2) is 18.7 Å². The van der Waals surface area contributed by atoms with Gasteiger partial charge in [-0.15, -0.1) is 0 Å². The molecule has 0 spiro atoms. The molecule has 3 aromatic heterocycles. The normalized spacial score (nSPS) is 20.7. The molecule has 2 bridgehead atoms. The largest absolute Gasteiger partial charge is 0.494 e. The van der Waals surface area contributed by atoms with E-state index in [9.17, 15) is 18.4 Å². The standard InChI is InChI=1S/C34H33F2N7O3/c1-41-30-24(11-20(13-27(30)46-2)34(45)43-15-18-6-8-25(43)29(18)37)40-33(41)26-12-17-5-7-23(39-32(17)42(26)14-16-3-4-16)19-9-21(35)28(31(38)44)22(36)10-19/h5,7,9-13,16,18,25,29H,3-4,6,8,14-15,37H2,1-2H3,(H2,38,44)/t18-,25-,29-/m1/s1. The number of likely N-dealkylation sites (tertiary alicyclic amines) is 1. The minimum Gasteiger partial charge on any atom is -0.494 e. The number of methoxy groups -OCH3 is 1. The maximum absolute atomic E-state index is 14.7. The molecule has 2 amide bonds. The summed E-state index contributed by atoms with van der Waals surface area (Å²) in [5.41, 5.74) is 14.7. The average Bonchev–Trinajstić information content (AvgIpc) is 3.43. The predicted molar refractivity (Wildman–Crippen MR) is 168 cm³/mol. The van der Waals surface area contributed by atoms with Gasteiger partial charge in [0.25, 0.3) is 11.8 Å². The highest BCUT2D eigenvalue weighted by molar-refractivity contribution is 6.00. The monoisotopic (exact) mass is 625 g/mol. The molecule has 10 nitrogen and oxygen atoms in total. The molecule has 46 heavy (non-hydrogen) atoms. The Morgan fingerprint density at radius 3 is 2.41 bits per heavy atom. The summed E-state index contributed by atoms with van der Waals surface area (Å²) in [6.45, 7) is 1.36. The van der Waals surface area contributed by atoms with E-state index in [1.165, 1.54) is 0 Å². The fourth-order valence-electron chi connectivity index (χ4n) is 7.44. The molecule has 236 valence electrons. The number of amides is 2. The number of nitrogens with zero attached hydrogens (tertiary/aromatic N) is 5. The number of primary amides is 1. The maximum Gasteiger partial charge on any atom is 0.254 e. The zero-order valence-corrected chi connectivity index (χ0v) is 25.5. The topological polar surface area (TPSA) is 134 Å². The molecule has 2 aliphatic carbocycles. The molecule has 4 heterocycles. The van der Waals surface area contributed by atoms with Crippen molar-refractivity contribution in [1.82, 2.24) is 24.0 Å². The summed E-state index contributed by atoms with van der Waals surface area (Å²) in [5.74, 6) is -1.28. The molecule has 8 rings (SSSR count). The first-order chi connectivity index (χ1) is 22.1. The number of piperidine rings is 1. The van der Waals surface area contributed by atoms with Crippen LogP contribution in [0.4, 0.5) is 8.78 Å². The summed E-state index contributed by atoms with van der Waals surface area (Å²) in [4.78, 5) is 37.0. The van der Waals surface area contributed by atoms with E-state index in [0.717, 1.165) is 54.4 Å². The fraction of sp³-hybridized carbons (Fsp3) is 0.353. The quantitative estimate of drug-likeness (QED) is 0.271. The van der Waals surface area contributed by atoms with Gasteiger partial charge in [-0.2, -0.15) is 0 Å². The number of benzene rings is 2. The van der Waals surface area contributed by atoms with Crippen molar-refractivity contribution < 1.29 is 23.1 Å². The van der Waals surface area contributed by atoms with Crippen LogP contribution in [0.25, 0.3) is 44.8 Å². The smallest absolute Gasteiger partial charge is 0.254 e. The second-order valence-corrected chi connectivity index (χ2v) is 12.9. The van der Waals surface area contributed by atoms with E-state index in [1.807, 2.05) is 34.7 Å². The summed E-state index contributed by atoms with van der Waals surface area (Å²) in [6.07, 6.45) is 4.16. The van der Waals surface area contributed by atoms with E-state index in [0.29, 0.717) is 58.9 Å². The number of carbonyl (C=O) groups excluding carboxylic acids is 2. The third kappa shape index (κ3) is 4.38. The number of aromatic nitrogens is 4. The molecule has 12 heteroatoms. The van der Waals surface area contributed by atoms with Crippen LogP contribution in [0.5, 0.6) is 5.75 Å². The van der Waals surface area contributed by atoms with Crippen molar-refractivity contribution in [2.45, 2.75) is 44.3 Å². The first kappa shape index (κ1) is 28.6. The molecule has 3 fully saturated rings. The second kappa shape index (κ2) is 10.3. The molecule has 2 saturated carbocycles. The summed E-state index contributed by atoms with van der Waals surface area (Å²) in [5, 5.41) is 0.837. The third-order valence-electron chi connectivity index (χ3n) is 10.0. The Hall–Kier alpha value is -4.84. The number of carbonyl (C=O) groups is 2. The summed E-state index contributed by atoms with van der Waals surface area (Å²) < 4.78 is 39.2. The van der Waals surface area contributed by atoms with E-state index in [2.05, 4.69) is 4.57 Å². The highest BCUT2D eigenvalue weighted by Crippen LogP contribution is 2.40. The van der Waals surface area contributed by atoms with Crippen LogP contribution >= 0.6 is 0 Å². The predicted octanol–water partition coefficient (Wildman–Crippen LogP) is 4.61. The maximum atomic E-state index is 14.7. The number of ether oxygens (including phenoxy) is 1. The Morgan fingerprint density at radius 2 is 1.78 bits per heavy atom. The van der Waals surface area contributed by atoms with Crippen LogP contribution in [0.3, 0.4) is 0 Å². The van der Waals surface area contributed by atoms with Crippen LogP contribution < -0.4 is 16.2 Å². The Morgan fingerprint density at radius 1 is 1.02 bits per heavy atom. The fourth-order valence-corrected chi connectivity index (χ4v) is 7.44. The van der Waals surface area contributed by atoms with Gasteiger partial charge < -0.3 is 30.2 Å². The van der Waals surface area contributed by atoms with Gasteiger partial charge in [0.15, 0.2) is 5.82 Å². The molecule has 3 atom stereocenters. The lowest BCUT2D eigenvalue weighted by Gasteiger charge is -2.27. The third-order valence-corrected chi connectivity index (χ3v) is 10.0. The zero-order valence-electron chi connectivity index (χ0n) is 25.5. The number of hydrogen-bond acceptors (Lipinski definition) is 6. The summed E-state index contributed by atoms with van der Waals surface area (Å²) >= 11 is 0. The van der Waals surface area contributed by atoms with Gasteiger partial charge in [0.1, 0.15) is 34.1 Å². The van der Waals surface area contributed by atoms with Crippen LogP contribution in [0.2, 0.25) is 0 Å². The van der Waals surface area contributed by atoms with Crippen molar-refractivity contribution in [1.29, 1.82) is 0 Å². The number of aryl methyl sites for hydroxylation is 1. The first-order valence-corrected chi connectivity index (χ1v) is 15.5. The molecule has 4 N–H and O–H groups in total. The van der Waals surface area contributed by atoms with E-state index < -0.39 is 23.1 Å². The van der Waals surface area contributed by atoms with Gasteiger partial charge in [-0.05, 0) is 80.0 Å². The van der Waals surface area contributed by atoms with Crippen LogP contribution in [0, 0.1) is 23.5 Å². The van der Waals surface area contributed by atoms with Crippen molar-refractivity contribution in [2.75, 3.05) is 13.7 Å². The SMILES string of the molecule is COc1cc(C(=O)N2C[C@H]3CC[C@@H]2[C@@H]3N)cc2nc(-c3cc4ccc(-c5cc(F)c(C(N)=O)c(F)c5)nc4n3CC3CC3)n(C)c12. The average molecular weight is 626 g/mol. The van der Waals surface area contributed by atoms with Gasteiger partial charge in [-0.3, -0.25) is 9.59 Å². The number of halogens is 2. The van der Waals surface area contributed by atoms with Crippen molar-refractivity contribution in [3.8, 4) is 28.5 Å². The van der Waals surface area contributed by atoms with Crippen molar-refractivity contribution in [3.05, 3.63) is 65.2 Å². The van der Waals surface area contributed by atoms with E-state index >= 15 is 0 Å².